The molecule has 25 heavy (non-hydrogen) atoms. The quantitative estimate of drug-likeness (QED) is 0.441. The number of carbonyl (C=O) groups excluding carboxylic acids is 1. The Balaban J connectivity index is 1.63. The largest absolute Gasteiger partial charge is 0.273 e. The molecule has 6 nitrogen and oxygen atoms in total. The van der Waals surface area contributed by atoms with Gasteiger partial charge in [0.25, 0.3) is 5.69 Å². The lowest BCUT2D eigenvalue weighted by molar-refractivity contribution is -0.384. The normalized spacial score (nSPS) is 10.9. The Morgan fingerprint density at radius 1 is 1.04 bits per heavy atom. The Bertz CT molecular complexity index is 944. The van der Waals surface area contributed by atoms with Crippen molar-refractivity contribution >= 4 is 28.6 Å². The zero-order valence-corrected chi connectivity index (χ0v) is 13.3. The van der Waals surface area contributed by atoms with E-state index in [2.05, 4.69) is 10.5 Å². The van der Waals surface area contributed by atoms with Gasteiger partial charge in [-0.15, -0.1) is 0 Å². The Kier molecular flexibility index (Phi) is 4.80. The first-order chi connectivity index (χ1) is 12.1. The third-order valence-corrected chi connectivity index (χ3v) is 3.73. The molecule has 0 bridgehead atoms. The van der Waals surface area contributed by atoms with E-state index in [0.29, 0.717) is 5.56 Å². The lowest BCUT2D eigenvalue weighted by atomic mass is 10.1. The second kappa shape index (κ2) is 7.35. The fourth-order valence-corrected chi connectivity index (χ4v) is 2.50. The number of hydrogen-bond acceptors (Lipinski definition) is 4. The van der Waals surface area contributed by atoms with Crippen LogP contribution in [0.3, 0.4) is 0 Å². The van der Waals surface area contributed by atoms with Gasteiger partial charge in [0.15, 0.2) is 0 Å². The summed E-state index contributed by atoms with van der Waals surface area (Å²) in [7, 11) is 0. The highest BCUT2D eigenvalue weighted by Gasteiger charge is 2.06. The number of nitro benzene ring substituents is 1. The molecule has 0 spiro atoms. The monoisotopic (exact) mass is 333 g/mol. The number of non-ortho nitro benzene ring substituents is 1. The van der Waals surface area contributed by atoms with Gasteiger partial charge in [0.1, 0.15) is 0 Å². The number of rotatable bonds is 5. The first kappa shape index (κ1) is 16.3. The summed E-state index contributed by atoms with van der Waals surface area (Å²) in [6.07, 6.45) is 1.71. The van der Waals surface area contributed by atoms with Gasteiger partial charge in [-0.05, 0) is 16.3 Å². The maximum Gasteiger partial charge on any atom is 0.269 e. The topological polar surface area (TPSA) is 84.6 Å². The molecule has 0 aromatic heterocycles. The molecule has 6 heteroatoms. The Hall–Kier alpha value is -3.54. The van der Waals surface area contributed by atoms with Crippen molar-refractivity contribution in [3.63, 3.8) is 0 Å². The van der Waals surface area contributed by atoms with Crippen molar-refractivity contribution in [2.24, 2.45) is 5.10 Å². The summed E-state index contributed by atoms with van der Waals surface area (Å²) in [4.78, 5) is 22.1. The van der Waals surface area contributed by atoms with Gasteiger partial charge in [0, 0.05) is 17.7 Å². The molecule has 124 valence electrons. The van der Waals surface area contributed by atoms with Crippen molar-refractivity contribution in [2.45, 2.75) is 6.42 Å². The van der Waals surface area contributed by atoms with E-state index in [1.165, 1.54) is 12.1 Å². The van der Waals surface area contributed by atoms with Crippen molar-refractivity contribution in [2.75, 3.05) is 0 Å². The van der Waals surface area contributed by atoms with E-state index in [4.69, 9.17) is 0 Å². The number of carbonyl (C=O) groups is 1. The summed E-state index contributed by atoms with van der Waals surface area (Å²) in [5.41, 5.74) is 4.07. The van der Waals surface area contributed by atoms with E-state index >= 15 is 0 Å². The average molecular weight is 333 g/mol. The van der Waals surface area contributed by atoms with Crippen LogP contribution in [0.1, 0.15) is 11.1 Å². The van der Waals surface area contributed by atoms with Crippen LogP contribution in [0.15, 0.2) is 71.8 Å². The van der Waals surface area contributed by atoms with Gasteiger partial charge in [0.05, 0.1) is 17.6 Å². The molecule has 1 N–H and O–H groups in total. The number of nitrogens with zero attached hydrogens (tertiary/aromatic N) is 2. The number of benzene rings is 3. The molecule has 0 fully saturated rings. The molecular formula is C19H15N3O3. The van der Waals surface area contributed by atoms with Crippen LogP contribution in [0.5, 0.6) is 0 Å². The number of fused-ring (bicyclic) bond motifs is 1. The maximum atomic E-state index is 11.9. The van der Waals surface area contributed by atoms with Crippen molar-refractivity contribution in [3.8, 4) is 0 Å². The number of hydrazone groups is 1. The number of nitrogens with one attached hydrogen (secondary N) is 1. The molecule has 0 heterocycles. The minimum absolute atomic E-state index is 0.00173. The van der Waals surface area contributed by atoms with Crippen molar-refractivity contribution in [1.29, 1.82) is 0 Å². The van der Waals surface area contributed by atoms with Gasteiger partial charge in [-0.2, -0.15) is 5.10 Å². The van der Waals surface area contributed by atoms with Crippen LogP contribution in [0.25, 0.3) is 10.8 Å². The SMILES string of the molecule is O=C(Cc1ccc([N+](=O)[O-])cc1)N/N=C/c1cccc2ccccc12. The van der Waals surface area contributed by atoms with Crippen LogP contribution in [0.2, 0.25) is 0 Å². The third-order valence-electron chi connectivity index (χ3n) is 3.73. The standard InChI is InChI=1S/C19H15N3O3/c23-19(12-14-8-10-17(11-9-14)22(24)25)21-20-13-16-6-3-5-15-4-1-2-7-18(15)16/h1-11,13H,12H2,(H,21,23)/b20-13+. The number of nitro groups is 1. The van der Waals surface area contributed by atoms with Gasteiger partial charge in [-0.3, -0.25) is 14.9 Å². The average Bonchev–Trinajstić information content (AvgIpc) is 2.62. The van der Waals surface area contributed by atoms with Crippen LogP contribution >= 0.6 is 0 Å². The second-order valence-corrected chi connectivity index (χ2v) is 5.46. The minimum Gasteiger partial charge on any atom is -0.273 e. The second-order valence-electron chi connectivity index (χ2n) is 5.46. The van der Waals surface area contributed by atoms with Gasteiger partial charge in [-0.1, -0.05) is 54.6 Å². The van der Waals surface area contributed by atoms with Crippen molar-refractivity contribution in [1.82, 2.24) is 5.43 Å². The molecule has 0 saturated carbocycles. The van der Waals surface area contributed by atoms with E-state index in [1.54, 1.807) is 18.3 Å². The summed E-state index contributed by atoms with van der Waals surface area (Å²) < 4.78 is 0. The molecule has 3 aromatic carbocycles. The van der Waals surface area contributed by atoms with Gasteiger partial charge in [-0.25, -0.2) is 5.43 Å². The number of hydrogen-bond donors (Lipinski definition) is 1. The molecule has 1 amide bonds. The smallest absolute Gasteiger partial charge is 0.269 e. The molecule has 0 saturated heterocycles. The van der Waals surface area contributed by atoms with Crippen molar-refractivity contribution in [3.05, 3.63) is 88.0 Å². The molecule has 0 aliphatic heterocycles. The van der Waals surface area contributed by atoms with E-state index in [0.717, 1.165) is 16.3 Å². The zero-order valence-electron chi connectivity index (χ0n) is 13.3. The Morgan fingerprint density at radius 2 is 1.76 bits per heavy atom. The molecule has 0 radical (unpaired) electrons. The van der Waals surface area contributed by atoms with Gasteiger partial charge < -0.3 is 0 Å². The first-order valence-corrected chi connectivity index (χ1v) is 7.66. The highest BCUT2D eigenvalue weighted by atomic mass is 16.6. The maximum absolute atomic E-state index is 11.9. The van der Waals surface area contributed by atoms with Crippen LogP contribution in [-0.4, -0.2) is 17.0 Å². The molecular weight excluding hydrogens is 318 g/mol. The van der Waals surface area contributed by atoms with E-state index in [9.17, 15) is 14.9 Å². The van der Waals surface area contributed by atoms with E-state index in [1.807, 2.05) is 42.5 Å². The highest BCUT2D eigenvalue weighted by Crippen LogP contribution is 2.16. The summed E-state index contributed by atoms with van der Waals surface area (Å²) in [5.74, 6) is -0.287. The minimum atomic E-state index is -0.474. The summed E-state index contributed by atoms with van der Waals surface area (Å²) >= 11 is 0. The molecule has 0 aliphatic carbocycles. The fraction of sp³-hybridized carbons (Fsp3) is 0.0526. The van der Waals surface area contributed by atoms with Crippen molar-refractivity contribution < 1.29 is 9.72 Å². The molecule has 0 unspecified atom stereocenters. The lowest BCUT2D eigenvalue weighted by Crippen LogP contribution is -2.19. The zero-order chi connectivity index (χ0) is 17.6. The Labute approximate surface area is 143 Å². The van der Waals surface area contributed by atoms with Crippen LogP contribution < -0.4 is 5.43 Å². The fourth-order valence-electron chi connectivity index (χ4n) is 2.50. The summed E-state index contributed by atoms with van der Waals surface area (Å²) in [5, 5.41) is 16.8. The van der Waals surface area contributed by atoms with Gasteiger partial charge >= 0.3 is 0 Å². The third kappa shape index (κ3) is 4.06. The Morgan fingerprint density at radius 3 is 2.52 bits per heavy atom. The molecule has 3 aromatic rings. The van der Waals surface area contributed by atoms with E-state index < -0.39 is 4.92 Å². The lowest BCUT2D eigenvalue weighted by Gasteiger charge is -2.02. The van der Waals surface area contributed by atoms with Crippen LogP contribution in [0, 0.1) is 10.1 Å². The molecule has 0 atom stereocenters. The first-order valence-electron chi connectivity index (χ1n) is 7.66. The highest BCUT2D eigenvalue weighted by molar-refractivity contribution is 5.99. The molecule has 3 rings (SSSR count). The summed E-state index contributed by atoms with van der Waals surface area (Å²) in [6, 6.07) is 19.7. The predicted octanol–water partition coefficient (Wildman–Crippen LogP) is 3.44. The van der Waals surface area contributed by atoms with Gasteiger partial charge in [0.2, 0.25) is 5.91 Å². The summed E-state index contributed by atoms with van der Waals surface area (Å²) in [6.45, 7) is 0. The number of amides is 1. The van der Waals surface area contributed by atoms with Crippen LogP contribution in [0.4, 0.5) is 5.69 Å². The van der Waals surface area contributed by atoms with Crippen LogP contribution in [-0.2, 0) is 11.2 Å². The predicted molar refractivity (Wildman–Crippen MR) is 96.5 cm³/mol. The van der Waals surface area contributed by atoms with E-state index in [-0.39, 0.29) is 18.0 Å². The molecule has 0 aliphatic rings.